The van der Waals surface area contributed by atoms with Crippen LogP contribution in [0.15, 0.2) is 12.4 Å². The normalized spacial score (nSPS) is 26.6. The predicted molar refractivity (Wildman–Crippen MR) is 52.7 cm³/mol. The average Bonchev–Trinajstić information content (AvgIpc) is 2.60. The van der Waals surface area contributed by atoms with Gasteiger partial charge in [0.05, 0.1) is 6.20 Å². The number of nitrogens with zero attached hydrogens (tertiary/aromatic N) is 2. The molecule has 4 heteroatoms. The standard InChI is InChI=1S/C10H15N3O/c1-10(4-3-9(14)12-10)5-8-6-11-13(2)7-8/h6-7H,3-5H2,1-2H3,(H,12,14). The third-order valence-corrected chi connectivity index (χ3v) is 2.70. The number of carbonyl (C=O) groups is 1. The smallest absolute Gasteiger partial charge is 0.220 e. The molecule has 1 aliphatic rings. The number of hydrogen-bond acceptors (Lipinski definition) is 2. The Morgan fingerprint density at radius 1 is 1.71 bits per heavy atom. The van der Waals surface area contributed by atoms with Crippen molar-refractivity contribution in [2.24, 2.45) is 7.05 Å². The number of nitrogens with one attached hydrogen (secondary N) is 1. The molecule has 1 fully saturated rings. The van der Waals surface area contributed by atoms with Gasteiger partial charge >= 0.3 is 0 Å². The van der Waals surface area contributed by atoms with E-state index in [4.69, 9.17) is 0 Å². The van der Waals surface area contributed by atoms with Gasteiger partial charge in [-0.3, -0.25) is 9.48 Å². The van der Waals surface area contributed by atoms with Gasteiger partial charge in [-0.25, -0.2) is 0 Å². The minimum absolute atomic E-state index is 0.0693. The Labute approximate surface area is 83.3 Å². The first-order valence-corrected chi connectivity index (χ1v) is 4.86. The zero-order chi connectivity index (χ0) is 10.2. The van der Waals surface area contributed by atoms with E-state index in [0.717, 1.165) is 12.8 Å². The lowest BCUT2D eigenvalue weighted by atomic mass is 9.93. The molecule has 0 radical (unpaired) electrons. The van der Waals surface area contributed by atoms with Crippen molar-refractivity contribution in [3.8, 4) is 0 Å². The van der Waals surface area contributed by atoms with Crippen molar-refractivity contribution in [3.05, 3.63) is 18.0 Å². The molecule has 14 heavy (non-hydrogen) atoms. The quantitative estimate of drug-likeness (QED) is 0.749. The highest BCUT2D eigenvalue weighted by Gasteiger charge is 2.33. The Kier molecular flexibility index (Phi) is 2.06. The summed E-state index contributed by atoms with van der Waals surface area (Å²) in [4.78, 5) is 11.1. The highest BCUT2D eigenvalue weighted by atomic mass is 16.2. The number of aryl methyl sites for hydroxylation is 1. The van der Waals surface area contributed by atoms with E-state index in [2.05, 4.69) is 17.3 Å². The molecule has 0 spiro atoms. The van der Waals surface area contributed by atoms with E-state index in [-0.39, 0.29) is 11.4 Å². The molecule has 0 bridgehead atoms. The fourth-order valence-electron chi connectivity index (χ4n) is 2.00. The Bertz CT molecular complexity index is 358. The van der Waals surface area contributed by atoms with Gasteiger partial charge in [0.2, 0.25) is 5.91 Å². The van der Waals surface area contributed by atoms with E-state index in [1.54, 1.807) is 4.68 Å². The van der Waals surface area contributed by atoms with E-state index in [9.17, 15) is 4.79 Å². The number of rotatable bonds is 2. The summed E-state index contributed by atoms with van der Waals surface area (Å²) >= 11 is 0. The largest absolute Gasteiger partial charge is 0.351 e. The molecule has 1 aliphatic heterocycles. The molecule has 1 N–H and O–H groups in total. The van der Waals surface area contributed by atoms with Crippen molar-refractivity contribution in [2.45, 2.75) is 31.7 Å². The molecular weight excluding hydrogens is 178 g/mol. The second-order valence-electron chi connectivity index (χ2n) is 4.31. The second-order valence-corrected chi connectivity index (χ2v) is 4.31. The molecule has 1 aromatic heterocycles. The molecule has 1 aromatic rings. The van der Waals surface area contributed by atoms with Crippen LogP contribution < -0.4 is 5.32 Å². The number of hydrogen-bond donors (Lipinski definition) is 1. The maximum Gasteiger partial charge on any atom is 0.220 e. The van der Waals surface area contributed by atoms with Gasteiger partial charge < -0.3 is 5.32 Å². The van der Waals surface area contributed by atoms with Crippen molar-refractivity contribution in [1.82, 2.24) is 15.1 Å². The van der Waals surface area contributed by atoms with Gasteiger partial charge in [0.15, 0.2) is 0 Å². The van der Waals surface area contributed by atoms with Gasteiger partial charge in [-0.2, -0.15) is 5.10 Å². The van der Waals surface area contributed by atoms with Crippen molar-refractivity contribution >= 4 is 5.91 Å². The lowest BCUT2D eigenvalue weighted by molar-refractivity contribution is -0.119. The Hall–Kier alpha value is -1.32. The van der Waals surface area contributed by atoms with Crippen LogP contribution in [0.4, 0.5) is 0 Å². The van der Waals surface area contributed by atoms with Gasteiger partial charge in [-0.15, -0.1) is 0 Å². The number of carbonyl (C=O) groups excluding carboxylic acids is 1. The molecule has 2 rings (SSSR count). The van der Waals surface area contributed by atoms with Crippen LogP contribution >= 0.6 is 0 Å². The molecule has 1 amide bonds. The topological polar surface area (TPSA) is 46.9 Å². The van der Waals surface area contributed by atoms with Gasteiger partial charge in [0.25, 0.3) is 0 Å². The van der Waals surface area contributed by atoms with Crippen LogP contribution in [-0.4, -0.2) is 21.2 Å². The first-order chi connectivity index (χ1) is 6.57. The van der Waals surface area contributed by atoms with Gasteiger partial charge in [-0.05, 0) is 25.3 Å². The third-order valence-electron chi connectivity index (χ3n) is 2.70. The zero-order valence-corrected chi connectivity index (χ0v) is 8.58. The van der Waals surface area contributed by atoms with Crippen LogP contribution in [0.5, 0.6) is 0 Å². The van der Waals surface area contributed by atoms with Gasteiger partial charge in [0, 0.05) is 25.2 Å². The van der Waals surface area contributed by atoms with Crippen molar-refractivity contribution in [1.29, 1.82) is 0 Å². The minimum Gasteiger partial charge on any atom is -0.351 e. The van der Waals surface area contributed by atoms with E-state index < -0.39 is 0 Å². The highest BCUT2D eigenvalue weighted by molar-refractivity contribution is 5.79. The lowest BCUT2D eigenvalue weighted by Crippen LogP contribution is -2.40. The van der Waals surface area contributed by atoms with Crippen molar-refractivity contribution in [2.75, 3.05) is 0 Å². The van der Waals surface area contributed by atoms with Gasteiger partial charge in [-0.1, -0.05) is 0 Å². The zero-order valence-electron chi connectivity index (χ0n) is 8.58. The Balaban J connectivity index is 2.07. The van der Waals surface area contributed by atoms with Crippen molar-refractivity contribution < 1.29 is 4.79 Å². The van der Waals surface area contributed by atoms with E-state index in [1.165, 1.54) is 5.56 Å². The Morgan fingerprint density at radius 3 is 3.00 bits per heavy atom. The van der Waals surface area contributed by atoms with Crippen LogP contribution in [0.3, 0.4) is 0 Å². The maximum atomic E-state index is 11.1. The molecule has 2 heterocycles. The molecule has 0 aromatic carbocycles. The summed E-state index contributed by atoms with van der Waals surface area (Å²) in [6, 6.07) is 0. The molecule has 4 nitrogen and oxygen atoms in total. The van der Waals surface area contributed by atoms with Gasteiger partial charge in [0.1, 0.15) is 0 Å². The molecule has 1 saturated heterocycles. The third kappa shape index (κ3) is 1.78. The number of amides is 1. The summed E-state index contributed by atoms with van der Waals surface area (Å²) in [5.74, 6) is 0.163. The average molecular weight is 193 g/mol. The van der Waals surface area contributed by atoms with Crippen molar-refractivity contribution in [3.63, 3.8) is 0 Å². The van der Waals surface area contributed by atoms with E-state index >= 15 is 0 Å². The monoisotopic (exact) mass is 193 g/mol. The molecule has 1 unspecified atom stereocenters. The molecular formula is C10H15N3O. The summed E-state index contributed by atoms with van der Waals surface area (Å²) in [5.41, 5.74) is 1.11. The summed E-state index contributed by atoms with van der Waals surface area (Å²) in [5, 5.41) is 7.12. The van der Waals surface area contributed by atoms with Crippen LogP contribution in [0.25, 0.3) is 0 Å². The molecule has 0 aliphatic carbocycles. The highest BCUT2D eigenvalue weighted by Crippen LogP contribution is 2.23. The first kappa shape index (κ1) is 9.24. The van der Waals surface area contributed by atoms with E-state index in [0.29, 0.717) is 6.42 Å². The maximum absolute atomic E-state index is 11.1. The van der Waals surface area contributed by atoms with Crippen LogP contribution in [0, 0.1) is 0 Å². The SMILES string of the molecule is Cn1cc(CC2(C)CCC(=O)N2)cn1. The Morgan fingerprint density at radius 2 is 2.50 bits per heavy atom. The van der Waals surface area contributed by atoms with E-state index in [1.807, 2.05) is 19.4 Å². The molecule has 0 saturated carbocycles. The molecule has 76 valence electrons. The lowest BCUT2D eigenvalue weighted by Gasteiger charge is -2.22. The summed E-state index contributed by atoms with van der Waals surface area (Å²) < 4.78 is 1.79. The predicted octanol–water partition coefficient (Wildman–Crippen LogP) is 0.631. The summed E-state index contributed by atoms with van der Waals surface area (Å²) in [7, 11) is 1.90. The fraction of sp³-hybridized carbons (Fsp3) is 0.600. The van der Waals surface area contributed by atoms with Crippen LogP contribution in [0.2, 0.25) is 0 Å². The minimum atomic E-state index is -0.0693. The van der Waals surface area contributed by atoms with Crippen LogP contribution in [0.1, 0.15) is 25.3 Å². The summed E-state index contributed by atoms with van der Waals surface area (Å²) in [6.45, 7) is 2.09. The summed E-state index contributed by atoms with van der Waals surface area (Å²) in [6.07, 6.45) is 6.29. The number of aromatic nitrogens is 2. The fourth-order valence-corrected chi connectivity index (χ4v) is 2.00. The second kappa shape index (κ2) is 3.12. The molecule has 1 atom stereocenters. The van der Waals surface area contributed by atoms with Crippen LogP contribution in [-0.2, 0) is 18.3 Å². The first-order valence-electron chi connectivity index (χ1n) is 4.86.